The number of aromatic nitrogens is 3. The molecule has 90 valence electrons. The quantitative estimate of drug-likeness (QED) is 0.762. The van der Waals surface area contributed by atoms with Crippen LogP contribution in [0.1, 0.15) is 32.1 Å². The molecule has 0 radical (unpaired) electrons. The predicted molar refractivity (Wildman–Crippen MR) is 63.4 cm³/mol. The zero-order chi connectivity index (χ0) is 12.9. The Morgan fingerprint density at radius 1 is 1.17 bits per heavy atom. The van der Waals surface area contributed by atoms with E-state index in [1.54, 1.807) is 19.9 Å². The number of amides is 2. The van der Waals surface area contributed by atoms with E-state index < -0.39 is 0 Å². The highest BCUT2D eigenvalue weighted by Crippen LogP contribution is 2.31. The van der Waals surface area contributed by atoms with Gasteiger partial charge < -0.3 is 0 Å². The molecule has 6 heteroatoms. The first kappa shape index (κ1) is 10.6. The Kier molecular flexibility index (Phi) is 2.07. The van der Waals surface area contributed by atoms with Gasteiger partial charge in [0.2, 0.25) is 0 Å². The fourth-order valence-corrected chi connectivity index (χ4v) is 2.16. The molecule has 0 saturated heterocycles. The molecular weight excluding hydrogens is 232 g/mol. The van der Waals surface area contributed by atoms with Crippen LogP contribution in [0.4, 0.5) is 5.69 Å². The molecule has 1 aliphatic rings. The highest BCUT2D eigenvalue weighted by atomic mass is 16.2. The maximum atomic E-state index is 12.2. The summed E-state index contributed by atoms with van der Waals surface area (Å²) in [5, 5.41) is 6.78. The Morgan fingerprint density at radius 3 is 2.50 bits per heavy atom. The van der Waals surface area contributed by atoms with E-state index in [0.717, 1.165) is 4.90 Å². The minimum absolute atomic E-state index is 0.329. The number of aromatic amines is 1. The minimum Gasteiger partial charge on any atom is -0.280 e. The number of pyridine rings is 1. The van der Waals surface area contributed by atoms with Crippen LogP contribution in [0, 0.1) is 13.8 Å². The third-order valence-electron chi connectivity index (χ3n) is 3.00. The Balaban J connectivity index is 2.19. The number of aryl methyl sites for hydroxylation is 2. The molecule has 2 amide bonds. The highest BCUT2D eigenvalue weighted by molar-refractivity contribution is 6.34. The van der Waals surface area contributed by atoms with E-state index in [0.29, 0.717) is 28.2 Å². The lowest BCUT2D eigenvalue weighted by Crippen LogP contribution is -2.30. The van der Waals surface area contributed by atoms with Crippen LogP contribution in [-0.2, 0) is 0 Å². The number of carbonyl (C=O) groups is 2. The summed E-state index contributed by atoms with van der Waals surface area (Å²) in [7, 11) is 0. The molecule has 0 unspecified atom stereocenters. The Morgan fingerprint density at radius 2 is 1.89 bits per heavy atom. The average molecular weight is 242 g/mol. The summed E-state index contributed by atoms with van der Waals surface area (Å²) in [6.07, 6.45) is 2.92. The van der Waals surface area contributed by atoms with Crippen LogP contribution >= 0.6 is 0 Å². The first-order valence-electron chi connectivity index (χ1n) is 5.45. The predicted octanol–water partition coefficient (Wildman–Crippen LogP) is 1.22. The van der Waals surface area contributed by atoms with Crippen molar-refractivity contribution >= 4 is 17.5 Å². The van der Waals surface area contributed by atoms with E-state index in [4.69, 9.17) is 0 Å². The van der Waals surface area contributed by atoms with E-state index in [2.05, 4.69) is 15.2 Å². The largest absolute Gasteiger partial charge is 0.280 e. The second kappa shape index (κ2) is 3.49. The second-order valence-electron chi connectivity index (χ2n) is 4.15. The molecule has 0 spiro atoms. The van der Waals surface area contributed by atoms with E-state index in [1.165, 1.54) is 12.4 Å². The van der Waals surface area contributed by atoms with Gasteiger partial charge in [0.1, 0.15) is 0 Å². The van der Waals surface area contributed by atoms with Gasteiger partial charge in [0, 0.05) is 12.4 Å². The monoisotopic (exact) mass is 242 g/mol. The maximum Gasteiger partial charge on any atom is 0.267 e. The number of hydrogen-bond acceptors (Lipinski definition) is 4. The lowest BCUT2D eigenvalue weighted by molar-refractivity contribution is 0.0925. The summed E-state index contributed by atoms with van der Waals surface area (Å²) in [6, 6.07) is 1.56. The van der Waals surface area contributed by atoms with E-state index >= 15 is 0 Å². The minimum atomic E-state index is -0.351. The molecule has 0 atom stereocenters. The SMILES string of the molecule is Cc1n[nH]c(C)c1N1C(=O)c2ccncc2C1=O. The fraction of sp³-hybridized carbons (Fsp3) is 0.167. The molecule has 2 aromatic rings. The third-order valence-corrected chi connectivity index (χ3v) is 3.00. The van der Waals surface area contributed by atoms with Crippen molar-refractivity contribution in [3.05, 3.63) is 41.0 Å². The molecule has 2 aromatic heterocycles. The van der Waals surface area contributed by atoms with Gasteiger partial charge in [0.25, 0.3) is 11.8 Å². The van der Waals surface area contributed by atoms with Crippen molar-refractivity contribution in [2.75, 3.05) is 4.90 Å². The Hall–Kier alpha value is -2.50. The number of nitrogens with one attached hydrogen (secondary N) is 1. The number of fused-ring (bicyclic) bond motifs is 1. The zero-order valence-electron chi connectivity index (χ0n) is 9.89. The standard InChI is InChI=1S/C12H10N4O2/c1-6-10(7(2)15-14-6)16-11(17)8-3-4-13-5-9(8)12(16)18/h3-5H,1-2H3,(H,14,15). The molecule has 18 heavy (non-hydrogen) atoms. The summed E-state index contributed by atoms with van der Waals surface area (Å²) in [4.78, 5) is 29.5. The highest BCUT2D eigenvalue weighted by Gasteiger charge is 2.38. The first-order chi connectivity index (χ1) is 8.61. The fourth-order valence-electron chi connectivity index (χ4n) is 2.16. The lowest BCUT2D eigenvalue weighted by Gasteiger charge is -2.13. The Labute approximate surface area is 103 Å². The molecule has 3 rings (SSSR count). The number of carbonyl (C=O) groups excluding carboxylic acids is 2. The summed E-state index contributed by atoms with van der Waals surface area (Å²) in [5.74, 6) is -0.680. The van der Waals surface area contributed by atoms with Gasteiger partial charge in [0.05, 0.1) is 28.2 Å². The van der Waals surface area contributed by atoms with Crippen molar-refractivity contribution in [1.29, 1.82) is 0 Å². The molecule has 6 nitrogen and oxygen atoms in total. The number of anilines is 1. The van der Waals surface area contributed by atoms with Crippen LogP contribution in [0.2, 0.25) is 0 Å². The van der Waals surface area contributed by atoms with Gasteiger partial charge in [-0.15, -0.1) is 0 Å². The molecule has 1 N–H and O–H groups in total. The van der Waals surface area contributed by atoms with Gasteiger partial charge in [0.15, 0.2) is 0 Å². The van der Waals surface area contributed by atoms with Crippen molar-refractivity contribution in [1.82, 2.24) is 15.2 Å². The molecule has 3 heterocycles. The molecule has 0 saturated carbocycles. The maximum absolute atomic E-state index is 12.2. The molecule has 1 aliphatic heterocycles. The van der Waals surface area contributed by atoms with Gasteiger partial charge in [-0.05, 0) is 19.9 Å². The van der Waals surface area contributed by atoms with Crippen molar-refractivity contribution in [3.8, 4) is 0 Å². The van der Waals surface area contributed by atoms with E-state index in [1.807, 2.05) is 0 Å². The second-order valence-corrected chi connectivity index (χ2v) is 4.15. The zero-order valence-corrected chi connectivity index (χ0v) is 9.89. The normalized spacial score (nSPS) is 14.2. The van der Waals surface area contributed by atoms with Gasteiger partial charge >= 0.3 is 0 Å². The lowest BCUT2D eigenvalue weighted by atomic mass is 10.2. The van der Waals surface area contributed by atoms with Crippen LogP contribution in [0.5, 0.6) is 0 Å². The summed E-state index contributed by atoms with van der Waals surface area (Å²) >= 11 is 0. The molecule has 0 aromatic carbocycles. The number of imide groups is 1. The average Bonchev–Trinajstić information content (AvgIpc) is 2.81. The Bertz CT molecular complexity index is 620. The van der Waals surface area contributed by atoms with Crippen LogP contribution in [0.3, 0.4) is 0 Å². The van der Waals surface area contributed by atoms with Crippen molar-refractivity contribution in [2.24, 2.45) is 0 Å². The van der Waals surface area contributed by atoms with E-state index in [9.17, 15) is 9.59 Å². The topological polar surface area (TPSA) is 79.0 Å². The van der Waals surface area contributed by atoms with Gasteiger partial charge in [-0.3, -0.25) is 19.7 Å². The van der Waals surface area contributed by atoms with Crippen molar-refractivity contribution in [3.63, 3.8) is 0 Å². The van der Waals surface area contributed by atoms with Gasteiger partial charge in [-0.1, -0.05) is 0 Å². The smallest absolute Gasteiger partial charge is 0.267 e. The molecule has 0 fully saturated rings. The molecular formula is C12H10N4O2. The number of H-pyrrole nitrogens is 1. The number of nitrogens with zero attached hydrogens (tertiary/aromatic N) is 3. The number of hydrogen-bond donors (Lipinski definition) is 1. The van der Waals surface area contributed by atoms with Crippen LogP contribution < -0.4 is 4.90 Å². The van der Waals surface area contributed by atoms with Crippen LogP contribution in [0.15, 0.2) is 18.5 Å². The summed E-state index contributed by atoms with van der Waals surface area (Å²) < 4.78 is 0. The van der Waals surface area contributed by atoms with Crippen LogP contribution in [0.25, 0.3) is 0 Å². The summed E-state index contributed by atoms with van der Waals surface area (Å²) in [5.41, 5.74) is 2.56. The summed E-state index contributed by atoms with van der Waals surface area (Å²) in [6.45, 7) is 3.53. The van der Waals surface area contributed by atoms with E-state index in [-0.39, 0.29) is 11.8 Å². The van der Waals surface area contributed by atoms with Crippen molar-refractivity contribution in [2.45, 2.75) is 13.8 Å². The first-order valence-corrected chi connectivity index (χ1v) is 5.45. The molecule has 0 aliphatic carbocycles. The molecule has 0 bridgehead atoms. The van der Waals surface area contributed by atoms with Gasteiger partial charge in [-0.25, -0.2) is 4.90 Å². The van der Waals surface area contributed by atoms with Crippen LogP contribution in [-0.4, -0.2) is 27.0 Å². The third kappa shape index (κ3) is 1.22. The number of rotatable bonds is 1. The van der Waals surface area contributed by atoms with Gasteiger partial charge in [-0.2, -0.15) is 5.10 Å². The van der Waals surface area contributed by atoms with Crippen molar-refractivity contribution < 1.29 is 9.59 Å².